The lowest BCUT2D eigenvalue weighted by atomic mass is 9.88. The summed E-state index contributed by atoms with van der Waals surface area (Å²) < 4.78 is 0. The molecule has 3 aromatic rings. The molecule has 0 aliphatic heterocycles. The number of hydrogen-bond acceptors (Lipinski definition) is 6. The molecule has 4 N–H and O–H groups in total. The lowest BCUT2D eigenvalue weighted by Gasteiger charge is -2.25. The first kappa shape index (κ1) is 17.4. The number of rotatable bonds is 5. The second-order valence-electron chi connectivity index (χ2n) is 7.01. The van der Waals surface area contributed by atoms with Crippen LogP contribution in [0.15, 0.2) is 48.5 Å². The molecular formula is C21H24N6. The van der Waals surface area contributed by atoms with E-state index in [0.29, 0.717) is 24.4 Å². The van der Waals surface area contributed by atoms with Crippen molar-refractivity contribution in [3.63, 3.8) is 0 Å². The quantitative estimate of drug-likeness (QED) is 0.648. The molecule has 0 spiro atoms. The van der Waals surface area contributed by atoms with Crippen molar-refractivity contribution in [3.05, 3.63) is 71.0 Å². The Hall–Kier alpha value is -2.99. The minimum absolute atomic E-state index is 0.227. The van der Waals surface area contributed by atoms with Crippen molar-refractivity contribution in [2.24, 2.45) is 0 Å². The Morgan fingerprint density at radius 1 is 1.00 bits per heavy atom. The van der Waals surface area contributed by atoms with Crippen LogP contribution in [0.2, 0.25) is 0 Å². The average molecular weight is 360 g/mol. The minimum Gasteiger partial charge on any atom is -0.368 e. The predicted octanol–water partition coefficient (Wildman–Crippen LogP) is 3.15. The van der Waals surface area contributed by atoms with Crippen molar-refractivity contribution >= 4 is 17.6 Å². The fourth-order valence-electron chi connectivity index (χ4n) is 3.45. The van der Waals surface area contributed by atoms with Crippen molar-refractivity contribution in [2.75, 3.05) is 11.1 Å². The minimum atomic E-state index is 0.227. The predicted molar refractivity (Wildman–Crippen MR) is 108 cm³/mol. The molecule has 0 saturated carbocycles. The Morgan fingerprint density at radius 2 is 1.78 bits per heavy atom. The van der Waals surface area contributed by atoms with Crippen LogP contribution in [0.4, 0.5) is 17.6 Å². The Morgan fingerprint density at radius 3 is 2.59 bits per heavy atom. The van der Waals surface area contributed by atoms with Crippen molar-refractivity contribution < 1.29 is 0 Å². The molecule has 6 nitrogen and oxygen atoms in total. The molecule has 1 unspecified atom stereocenters. The Labute approximate surface area is 159 Å². The summed E-state index contributed by atoms with van der Waals surface area (Å²) in [7, 11) is 0. The highest BCUT2D eigenvalue weighted by molar-refractivity contribution is 5.54. The van der Waals surface area contributed by atoms with Crippen molar-refractivity contribution in [1.29, 1.82) is 0 Å². The monoisotopic (exact) mass is 360 g/mol. The molecule has 1 atom stereocenters. The maximum absolute atomic E-state index is 5.88. The van der Waals surface area contributed by atoms with Crippen LogP contribution in [-0.4, -0.2) is 21.0 Å². The number of hydrogen-bond donors (Lipinski definition) is 3. The molecular weight excluding hydrogens is 336 g/mol. The van der Waals surface area contributed by atoms with Gasteiger partial charge < -0.3 is 16.4 Å². The van der Waals surface area contributed by atoms with Gasteiger partial charge in [0.05, 0.1) is 6.54 Å². The maximum atomic E-state index is 5.88. The highest BCUT2D eigenvalue weighted by atomic mass is 15.2. The summed E-state index contributed by atoms with van der Waals surface area (Å²) in [5, 5.41) is 6.76. The van der Waals surface area contributed by atoms with E-state index in [1.165, 1.54) is 16.7 Å². The van der Waals surface area contributed by atoms with Gasteiger partial charge in [0, 0.05) is 11.7 Å². The van der Waals surface area contributed by atoms with Crippen LogP contribution >= 0.6 is 0 Å². The van der Waals surface area contributed by atoms with Crippen molar-refractivity contribution in [2.45, 2.75) is 38.8 Å². The van der Waals surface area contributed by atoms with Gasteiger partial charge in [0.1, 0.15) is 5.82 Å². The largest absolute Gasteiger partial charge is 0.368 e. The van der Waals surface area contributed by atoms with Gasteiger partial charge in [-0.1, -0.05) is 42.0 Å². The Kier molecular flexibility index (Phi) is 4.98. The summed E-state index contributed by atoms with van der Waals surface area (Å²) in [6.45, 7) is 2.63. The molecule has 0 radical (unpaired) electrons. The summed E-state index contributed by atoms with van der Waals surface area (Å²) in [6, 6.07) is 17.1. The molecule has 0 fully saturated rings. The Bertz CT molecular complexity index is 922. The average Bonchev–Trinajstić information content (AvgIpc) is 2.68. The van der Waals surface area contributed by atoms with E-state index in [0.717, 1.165) is 24.9 Å². The molecule has 2 aromatic carbocycles. The van der Waals surface area contributed by atoms with E-state index in [1.54, 1.807) is 0 Å². The zero-order valence-corrected chi connectivity index (χ0v) is 15.4. The van der Waals surface area contributed by atoms with Gasteiger partial charge in [-0.25, -0.2) is 0 Å². The van der Waals surface area contributed by atoms with E-state index in [1.807, 2.05) is 24.3 Å². The number of anilines is 3. The van der Waals surface area contributed by atoms with Crippen molar-refractivity contribution in [1.82, 2.24) is 20.3 Å². The number of aromatic nitrogens is 3. The zero-order chi connectivity index (χ0) is 18.6. The van der Waals surface area contributed by atoms with E-state index in [4.69, 9.17) is 5.73 Å². The fourth-order valence-corrected chi connectivity index (χ4v) is 3.45. The number of aryl methyl sites for hydroxylation is 2. The molecule has 27 heavy (non-hydrogen) atoms. The molecule has 138 valence electrons. The van der Waals surface area contributed by atoms with Crippen LogP contribution < -0.4 is 16.4 Å². The van der Waals surface area contributed by atoms with E-state index in [2.05, 4.69) is 56.8 Å². The third-order valence-corrected chi connectivity index (χ3v) is 4.90. The molecule has 1 aliphatic rings. The zero-order valence-electron chi connectivity index (χ0n) is 15.4. The molecule has 1 aromatic heterocycles. The van der Waals surface area contributed by atoms with E-state index in [-0.39, 0.29) is 5.95 Å². The molecule has 1 aliphatic carbocycles. The molecule has 1 heterocycles. The summed E-state index contributed by atoms with van der Waals surface area (Å²) in [5.41, 5.74) is 10.9. The topological polar surface area (TPSA) is 88.8 Å². The van der Waals surface area contributed by atoms with Gasteiger partial charge in [-0.15, -0.1) is 0 Å². The first-order chi connectivity index (χ1) is 13.2. The first-order valence-corrected chi connectivity index (χ1v) is 9.30. The number of benzene rings is 2. The summed E-state index contributed by atoms with van der Waals surface area (Å²) >= 11 is 0. The van der Waals surface area contributed by atoms with Crippen molar-refractivity contribution in [3.8, 4) is 0 Å². The normalized spacial score (nSPS) is 16.0. The number of nitrogens with one attached hydrogen (secondary N) is 2. The number of nitrogens with two attached hydrogens (primary N) is 1. The van der Waals surface area contributed by atoms with Crippen LogP contribution in [0.25, 0.3) is 0 Å². The third-order valence-electron chi connectivity index (χ3n) is 4.90. The maximum Gasteiger partial charge on any atom is 0.232 e. The molecule has 0 saturated heterocycles. The number of nitrogen functional groups attached to an aromatic ring is 1. The highest BCUT2D eigenvalue weighted by Gasteiger charge is 2.18. The van der Waals surface area contributed by atoms with E-state index < -0.39 is 0 Å². The molecule has 6 heteroatoms. The van der Waals surface area contributed by atoms with Crippen LogP contribution in [0.1, 0.15) is 28.9 Å². The van der Waals surface area contributed by atoms with Gasteiger partial charge in [-0.05, 0) is 49.4 Å². The Balaban J connectivity index is 1.40. The molecule has 4 rings (SSSR count). The summed E-state index contributed by atoms with van der Waals surface area (Å²) in [4.78, 5) is 13.0. The van der Waals surface area contributed by atoms with Gasteiger partial charge in [0.25, 0.3) is 0 Å². The SMILES string of the molecule is Cc1ccc(Nc2nc(N)nc(CNC3CCc4ccccc4C3)n2)cc1. The second kappa shape index (κ2) is 7.72. The smallest absolute Gasteiger partial charge is 0.232 e. The lowest BCUT2D eigenvalue weighted by molar-refractivity contribution is 0.451. The first-order valence-electron chi connectivity index (χ1n) is 9.30. The standard InChI is InChI=1S/C21H24N6/c1-14-6-9-17(10-7-14)24-21-26-19(25-20(22)27-21)13-23-18-11-8-15-4-2-3-5-16(15)12-18/h2-7,9-10,18,23H,8,11-13H2,1H3,(H3,22,24,25,26,27). The number of fused-ring (bicyclic) bond motifs is 1. The van der Waals surface area contributed by atoms with Crippen LogP contribution in [0.5, 0.6) is 0 Å². The van der Waals surface area contributed by atoms with Crippen LogP contribution in [0, 0.1) is 6.92 Å². The second-order valence-corrected chi connectivity index (χ2v) is 7.01. The van der Waals surface area contributed by atoms with Gasteiger partial charge in [0.2, 0.25) is 11.9 Å². The molecule has 0 amide bonds. The lowest BCUT2D eigenvalue weighted by Crippen LogP contribution is -2.34. The fraction of sp³-hybridized carbons (Fsp3) is 0.286. The molecule has 0 bridgehead atoms. The highest BCUT2D eigenvalue weighted by Crippen LogP contribution is 2.21. The number of nitrogens with zero attached hydrogens (tertiary/aromatic N) is 3. The van der Waals surface area contributed by atoms with Gasteiger partial charge >= 0.3 is 0 Å². The third kappa shape index (κ3) is 4.41. The van der Waals surface area contributed by atoms with Gasteiger partial charge in [-0.3, -0.25) is 0 Å². The van der Waals surface area contributed by atoms with Gasteiger partial charge in [0.15, 0.2) is 0 Å². The van der Waals surface area contributed by atoms with E-state index >= 15 is 0 Å². The van der Waals surface area contributed by atoms with E-state index in [9.17, 15) is 0 Å². The summed E-state index contributed by atoms with van der Waals surface area (Å²) in [6.07, 6.45) is 3.25. The van der Waals surface area contributed by atoms with Gasteiger partial charge in [-0.2, -0.15) is 15.0 Å². The van der Waals surface area contributed by atoms with Crippen LogP contribution in [-0.2, 0) is 19.4 Å². The summed E-state index contributed by atoms with van der Waals surface area (Å²) in [5.74, 6) is 1.35. The van der Waals surface area contributed by atoms with Crippen LogP contribution in [0.3, 0.4) is 0 Å².